The molecule has 1 aliphatic rings. The highest BCUT2D eigenvalue weighted by Gasteiger charge is 2.32. The highest BCUT2D eigenvalue weighted by molar-refractivity contribution is 6.31. The Bertz CT molecular complexity index is 662. The molecule has 116 valence electrons. The van der Waals surface area contributed by atoms with E-state index in [1.807, 2.05) is 0 Å². The van der Waals surface area contributed by atoms with Gasteiger partial charge in [0.2, 0.25) is 0 Å². The molecule has 2 atom stereocenters. The van der Waals surface area contributed by atoms with Crippen LogP contribution in [0.25, 0.3) is 0 Å². The van der Waals surface area contributed by atoms with E-state index in [-0.39, 0.29) is 18.1 Å². The van der Waals surface area contributed by atoms with Gasteiger partial charge in [0.1, 0.15) is 6.10 Å². The minimum absolute atomic E-state index is 0.246. The van der Waals surface area contributed by atoms with Crippen molar-refractivity contribution in [2.45, 2.75) is 19.1 Å². The molecule has 1 aliphatic heterocycles. The Labute approximate surface area is 132 Å². The molecule has 0 aromatic carbocycles. The molecule has 1 saturated heterocycles. The summed E-state index contributed by atoms with van der Waals surface area (Å²) in [6.45, 7) is 2.58. The van der Waals surface area contributed by atoms with Crippen LogP contribution in [0.1, 0.15) is 15.9 Å². The fourth-order valence-electron chi connectivity index (χ4n) is 2.24. The Morgan fingerprint density at radius 2 is 2.32 bits per heavy atom. The van der Waals surface area contributed by atoms with Gasteiger partial charge < -0.3 is 14.8 Å². The molecule has 3 rings (SSSR count). The van der Waals surface area contributed by atoms with Crippen LogP contribution in [-0.2, 0) is 4.74 Å². The van der Waals surface area contributed by atoms with Gasteiger partial charge in [0.05, 0.1) is 42.2 Å². The third kappa shape index (κ3) is 3.05. The second kappa shape index (κ2) is 6.33. The number of pyridine rings is 1. The molecular weight excluding hydrogens is 308 g/mol. The number of nitrogens with zero attached hydrogens (tertiary/aromatic N) is 2. The zero-order chi connectivity index (χ0) is 15.5. The van der Waals surface area contributed by atoms with Gasteiger partial charge in [-0.15, -0.1) is 0 Å². The van der Waals surface area contributed by atoms with Gasteiger partial charge in [-0.25, -0.2) is 0 Å². The van der Waals surface area contributed by atoms with Crippen molar-refractivity contribution in [3.05, 3.63) is 40.9 Å². The van der Waals surface area contributed by atoms with E-state index in [9.17, 15) is 4.79 Å². The van der Waals surface area contributed by atoms with Crippen molar-refractivity contribution >= 4 is 17.5 Å². The lowest BCUT2D eigenvalue weighted by atomic mass is 10.1. The molecule has 0 spiro atoms. The Hall–Kier alpha value is -2.12. The number of carbonyl (C=O) groups excluding carboxylic acids is 1. The first kappa shape index (κ1) is 14.8. The maximum absolute atomic E-state index is 12.4. The quantitative estimate of drug-likeness (QED) is 0.886. The molecule has 2 N–H and O–H groups in total. The fourth-order valence-corrected chi connectivity index (χ4v) is 2.40. The highest BCUT2D eigenvalue weighted by atomic mass is 35.5. The van der Waals surface area contributed by atoms with Gasteiger partial charge in [0.15, 0.2) is 5.75 Å². The molecule has 7 nitrogen and oxygen atoms in total. The van der Waals surface area contributed by atoms with Crippen molar-refractivity contribution in [2.24, 2.45) is 0 Å². The normalized spacial score (nSPS) is 20.8. The maximum Gasteiger partial charge on any atom is 0.253 e. The van der Waals surface area contributed by atoms with E-state index in [0.29, 0.717) is 35.1 Å². The second-order valence-electron chi connectivity index (χ2n) is 5.00. The SMILES string of the molecule is Cc1c(Cl)cncc1C(=O)N[C@H]1COC[C@H]1Oc1cn[nH]c1. The van der Waals surface area contributed by atoms with E-state index in [2.05, 4.69) is 20.5 Å². The van der Waals surface area contributed by atoms with Crippen LogP contribution in [0.15, 0.2) is 24.8 Å². The number of amides is 1. The fraction of sp³-hybridized carbons (Fsp3) is 0.357. The molecule has 0 radical (unpaired) electrons. The van der Waals surface area contributed by atoms with E-state index in [1.165, 1.54) is 12.4 Å². The van der Waals surface area contributed by atoms with Gasteiger partial charge in [0, 0.05) is 12.4 Å². The largest absolute Gasteiger partial charge is 0.482 e. The molecule has 3 heterocycles. The third-order valence-electron chi connectivity index (χ3n) is 3.50. The first-order chi connectivity index (χ1) is 10.6. The van der Waals surface area contributed by atoms with Gasteiger partial charge in [-0.1, -0.05) is 11.6 Å². The summed E-state index contributed by atoms with van der Waals surface area (Å²) >= 11 is 6.00. The molecule has 2 aromatic heterocycles. The smallest absolute Gasteiger partial charge is 0.253 e. The summed E-state index contributed by atoms with van der Waals surface area (Å²) in [6, 6.07) is -0.249. The van der Waals surface area contributed by atoms with Crippen LogP contribution in [0.5, 0.6) is 5.75 Å². The predicted molar refractivity (Wildman–Crippen MR) is 79.1 cm³/mol. The average molecular weight is 323 g/mol. The van der Waals surface area contributed by atoms with Crippen molar-refractivity contribution in [3.8, 4) is 5.75 Å². The summed E-state index contributed by atoms with van der Waals surface area (Å²) in [4.78, 5) is 16.3. The lowest BCUT2D eigenvalue weighted by Crippen LogP contribution is -2.45. The van der Waals surface area contributed by atoms with Crippen LogP contribution in [-0.4, -0.2) is 46.4 Å². The number of hydrogen-bond donors (Lipinski definition) is 2. The molecule has 0 saturated carbocycles. The number of rotatable bonds is 4. The minimum atomic E-state index is -0.269. The molecule has 2 aromatic rings. The number of aromatic nitrogens is 3. The molecule has 0 bridgehead atoms. The Balaban J connectivity index is 1.68. The van der Waals surface area contributed by atoms with Crippen LogP contribution in [0, 0.1) is 6.92 Å². The van der Waals surface area contributed by atoms with Crippen LogP contribution < -0.4 is 10.1 Å². The van der Waals surface area contributed by atoms with Crippen LogP contribution in [0.4, 0.5) is 0 Å². The lowest BCUT2D eigenvalue weighted by molar-refractivity contribution is 0.0903. The first-order valence-corrected chi connectivity index (χ1v) is 7.17. The predicted octanol–water partition coefficient (Wildman–Crippen LogP) is 1.34. The zero-order valence-corrected chi connectivity index (χ0v) is 12.6. The average Bonchev–Trinajstić information content (AvgIpc) is 3.15. The van der Waals surface area contributed by atoms with Crippen molar-refractivity contribution < 1.29 is 14.3 Å². The highest BCUT2D eigenvalue weighted by Crippen LogP contribution is 2.19. The van der Waals surface area contributed by atoms with Gasteiger partial charge >= 0.3 is 0 Å². The summed E-state index contributed by atoms with van der Waals surface area (Å²) < 4.78 is 11.1. The number of ether oxygens (including phenoxy) is 2. The van der Waals surface area contributed by atoms with E-state index in [4.69, 9.17) is 21.1 Å². The molecule has 1 amide bonds. The zero-order valence-electron chi connectivity index (χ0n) is 11.9. The number of aromatic amines is 1. The van der Waals surface area contributed by atoms with Crippen LogP contribution >= 0.6 is 11.6 Å². The van der Waals surface area contributed by atoms with Crippen molar-refractivity contribution in [3.63, 3.8) is 0 Å². The van der Waals surface area contributed by atoms with Crippen molar-refractivity contribution in [1.29, 1.82) is 0 Å². The third-order valence-corrected chi connectivity index (χ3v) is 3.88. The summed E-state index contributed by atoms with van der Waals surface area (Å²) in [5.41, 5.74) is 1.14. The molecule has 0 unspecified atom stereocenters. The van der Waals surface area contributed by atoms with Gasteiger partial charge in [-0.3, -0.25) is 14.9 Å². The van der Waals surface area contributed by atoms with Gasteiger partial charge in [-0.2, -0.15) is 5.10 Å². The topological polar surface area (TPSA) is 89.1 Å². The van der Waals surface area contributed by atoms with Crippen molar-refractivity contribution in [2.75, 3.05) is 13.2 Å². The summed E-state index contributed by atoms with van der Waals surface area (Å²) in [7, 11) is 0. The number of hydrogen-bond acceptors (Lipinski definition) is 5. The summed E-state index contributed by atoms with van der Waals surface area (Å²) in [5, 5.41) is 9.86. The molecule has 1 fully saturated rings. The maximum atomic E-state index is 12.4. The summed E-state index contributed by atoms with van der Waals surface area (Å²) in [5.74, 6) is 0.360. The first-order valence-electron chi connectivity index (χ1n) is 6.79. The number of nitrogens with one attached hydrogen (secondary N) is 2. The van der Waals surface area contributed by atoms with E-state index >= 15 is 0 Å². The van der Waals surface area contributed by atoms with E-state index < -0.39 is 0 Å². The van der Waals surface area contributed by atoms with Gasteiger partial charge in [-0.05, 0) is 12.5 Å². The Morgan fingerprint density at radius 3 is 3.09 bits per heavy atom. The lowest BCUT2D eigenvalue weighted by Gasteiger charge is -2.20. The van der Waals surface area contributed by atoms with Crippen molar-refractivity contribution in [1.82, 2.24) is 20.5 Å². The Morgan fingerprint density at radius 1 is 1.45 bits per heavy atom. The van der Waals surface area contributed by atoms with E-state index in [0.717, 1.165) is 0 Å². The van der Waals surface area contributed by atoms with Gasteiger partial charge in [0.25, 0.3) is 5.91 Å². The number of carbonyl (C=O) groups is 1. The monoisotopic (exact) mass is 322 g/mol. The van der Waals surface area contributed by atoms with E-state index in [1.54, 1.807) is 19.3 Å². The molecule has 22 heavy (non-hydrogen) atoms. The van der Waals surface area contributed by atoms with Crippen LogP contribution in [0.2, 0.25) is 5.02 Å². The molecule has 8 heteroatoms. The number of halogens is 1. The molecule has 0 aliphatic carbocycles. The minimum Gasteiger partial charge on any atom is -0.482 e. The summed E-state index contributed by atoms with van der Waals surface area (Å²) in [6.07, 6.45) is 5.95. The molecular formula is C14H15ClN4O3. The standard InChI is InChI=1S/C14H15ClN4O3/c1-8-10(4-16-5-11(8)15)14(20)19-12-6-21-7-13(12)22-9-2-17-18-3-9/h2-5,12-13H,6-7H2,1H3,(H,17,18)(H,19,20)/t12-,13+/m0/s1. The Kier molecular flexibility index (Phi) is 4.26. The second-order valence-corrected chi connectivity index (χ2v) is 5.41. The van der Waals surface area contributed by atoms with Crippen LogP contribution in [0.3, 0.4) is 0 Å². The number of H-pyrrole nitrogens is 1.